The Morgan fingerprint density at radius 3 is 2.55 bits per heavy atom. The van der Waals surface area contributed by atoms with Crippen molar-refractivity contribution in [2.24, 2.45) is 5.92 Å². The molecule has 0 spiro atoms. The molecule has 1 aromatic heterocycles. The van der Waals surface area contributed by atoms with Crippen LogP contribution in [0.3, 0.4) is 0 Å². The molecule has 2 heterocycles. The van der Waals surface area contributed by atoms with E-state index in [9.17, 15) is 8.42 Å². The second-order valence-corrected chi connectivity index (χ2v) is 10.7. The van der Waals surface area contributed by atoms with E-state index in [1.165, 1.54) is 32.4 Å². The number of hydrogen-bond donors (Lipinski definition) is 0. The zero-order chi connectivity index (χ0) is 20.7. The van der Waals surface area contributed by atoms with Gasteiger partial charge in [-0.25, -0.2) is 13.4 Å². The second-order valence-electron chi connectivity index (χ2n) is 8.75. The number of hydrogen-bond acceptors (Lipinski definition) is 6. The van der Waals surface area contributed by atoms with Crippen LogP contribution < -0.4 is 0 Å². The first-order valence-electron chi connectivity index (χ1n) is 11.2. The van der Waals surface area contributed by atoms with Crippen molar-refractivity contribution in [2.45, 2.75) is 63.2 Å². The molecule has 1 aliphatic heterocycles. The standard InChI is InChI=1S/C21H38N4O3S/c1-23(12-13-24-10-6-7-11-24)17-20-16-22-21(25(20)14-15-28-2)29(26,27)18-19-8-4-3-5-9-19/h16,19H,3-15,17-18H2,1-2H3. The van der Waals surface area contributed by atoms with Gasteiger partial charge in [0.1, 0.15) is 0 Å². The molecule has 0 atom stereocenters. The van der Waals surface area contributed by atoms with Gasteiger partial charge in [0.05, 0.1) is 24.3 Å². The lowest BCUT2D eigenvalue weighted by atomic mass is 9.91. The average molecular weight is 427 g/mol. The maximum Gasteiger partial charge on any atom is 0.227 e. The fourth-order valence-corrected chi connectivity index (χ4v) is 6.46. The number of rotatable bonds is 11. The van der Waals surface area contributed by atoms with E-state index >= 15 is 0 Å². The Hall–Kier alpha value is -0.960. The smallest absolute Gasteiger partial charge is 0.227 e. The number of ether oxygens (including phenoxy) is 1. The summed E-state index contributed by atoms with van der Waals surface area (Å²) in [7, 11) is 0.353. The fourth-order valence-electron chi connectivity index (χ4n) is 4.60. The lowest BCUT2D eigenvalue weighted by Gasteiger charge is -2.23. The summed E-state index contributed by atoms with van der Waals surface area (Å²) < 4.78 is 33.4. The molecule has 3 rings (SSSR count). The van der Waals surface area contributed by atoms with Crippen LogP contribution in [0.2, 0.25) is 0 Å². The highest BCUT2D eigenvalue weighted by Gasteiger charge is 2.28. The van der Waals surface area contributed by atoms with E-state index in [1.54, 1.807) is 13.3 Å². The summed E-state index contributed by atoms with van der Waals surface area (Å²) in [6.07, 6.45) is 9.90. The van der Waals surface area contributed by atoms with E-state index < -0.39 is 9.84 Å². The van der Waals surface area contributed by atoms with E-state index in [4.69, 9.17) is 4.74 Å². The summed E-state index contributed by atoms with van der Waals surface area (Å²) in [5, 5.41) is 0.225. The molecule has 8 heteroatoms. The molecule has 2 fully saturated rings. The van der Waals surface area contributed by atoms with Crippen LogP contribution in [0.4, 0.5) is 0 Å². The van der Waals surface area contributed by atoms with Gasteiger partial charge in [-0.15, -0.1) is 0 Å². The molecular formula is C21H38N4O3S. The lowest BCUT2D eigenvalue weighted by Crippen LogP contribution is -2.32. The number of nitrogens with zero attached hydrogens (tertiary/aromatic N) is 4. The van der Waals surface area contributed by atoms with Gasteiger partial charge in [0, 0.05) is 33.3 Å². The van der Waals surface area contributed by atoms with Crippen LogP contribution in [0.5, 0.6) is 0 Å². The minimum Gasteiger partial charge on any atom is -0.383 e. The van der Waals surface area contributed by atoms with Crippen molar-refractivity contribution < 1.29 is 13.2 Å². The minimum absolute atomic E-state index is 0.223. The quantitative estimate of drug-likeness (QED) is 0.541. The van der Waals surface area contributed by atoms with E-state index in [0.717, 1.165) is 44.5 Å². The third-order valence-electron chi connectivity index (χ3n) is 6.31. The van der Waals surface area contributed by atoms with E-state index in [2.05, 4.69) is 21.8 Å². The van der Waals surface area contributed by atoms with Gasteiger partial charge >= 0.3 is 0 Å². The Kier molecular flexibility index (Phi) is 8.53. The first-order chi connectivity index (χ1) is 14.0. The Bertz CT molecular complexity index is 722. The predicted octanol–water partition coefficient (Wildman–Crippen LogP) is 2.41. The highest BCUT2D eigenvalue weighted by molar-refractivity contribution is 7.91. The molecule has 0 amide bonds. The average Bonchev–Trinajstić information content (AvgIpc) is 3.35. The molecule has 0 unspecified atom stereocenters. The Morgan fingerprint density at radius 1 is 1.14 bits per heavy atom. The van der Waals surface area contributed by atoms with Crippen LogP contribution in [-0.4, -0.2) is 80.5 Å². The maximum atomic E-state index is 13.1. The zero-order valence-corrected chi connectivity index (χ0v) is 19.0. The third-order valence-corrected chi connectivity index (χ3v) is 8.10. The highest BCUT2D eigenvalue weighted by atomic mass is 32.2. The van der Waals surface area contributed by atoms with Gasteiger partial charge in [-0.05, 0) is 51.7 Å². The predicted molar refractivity (Wildman–Crippen MR) is 115 cm³/mol. The number of methoxy groups -OCH3 is 1. The van der Waals surface area contributed by atoms with Gasteiger partial charge in [-0.2, -0.15) is 0 Å². The molecule has 1 saturated carbocycles. The number of imidazole rings is 1. The summed E-state index contributed by atoms with van der Waals surface area (Å²) in [6, 6.07) is 0. The molecule has 0 radical (unpaired) electrons. The molecule has 2 aliphatic rings. The summed E-state index contributed by atoms with van der Waals surface area (Å²) >= 11 is 0. The lowest BCUT2D eigenvalue weighted by molar-refractivity contribution is 0.181. The molecular weight excluding hydrogens is 388 g/mol. The molecule has 0 N–H and O–H groups in total. The van der Waals surface area contributed by atoms with Crippen molar-refractivity contribution >= 4 is 9.84 Å². The van der Waals surface area contributed by atoms with Crippen LogP contribution in [0.15, 0.2) is 11.4 Å². The molecule has 7 nitrogen and oxygen atoms in total. The fraction of sp³-hybridized carbons (Fsp3) is 0.857. The van der Waals surface area contributed by atoms with Crippen LogP contribution in [0.1, 0.15) is 50.6 Å². The second kappa shape index (κ2) is 10.9. The van der Waals surface area contributed by atoms with Crippen molar-refractivity contribution in [1.29, 1.82) is 0 Å². The van der Waals surface area contributed by atoms with E-state index in [1.807, 2.05) is 4.57 Å². The molecule has 1 saturated heterocycles. The molecule has 0 bridgehead atoms. The van der Waals surface area contributed by atoms with Crippen LogP contribution >= 0.6 is 0 Å². The molecule has 0 aromatic carbocycles. The Labute approximate surface area is 176 Å². The summed E-state index contributed by atoms with van der Waals surface area (Å²) in [5.41, 5.74) is 0.952. The first kappa shape index (κ1) is 22.7. The van der Waals surface area contributed by atoms with Crippen molar-refractivity contribution in [2.75, 3.05) is 52.7 Å². The van der Waals surface area contributed by atoms with Gasteiger partial charge < -0.3 is 14.2 Å². The van der Waals surface area contributed by atoms with Crippen molar-refractivity contribution in [3.63, 3.8) is 0 Å². The molecule has 1 aromatic rings. The van der Waals surface area contributed by atoms with Gasteiger partial charge in [0.25, 0.3) is 0 Å². The largest absolute Gasteiger partial charge is 0.383 e. The number of sulfone groups is 1. The van der Waals surface area contributed by atoms with Crippen LogP contribution in [0.25, 0.3) is 0 Å². The van der Waals surface area contributed by atoms with E-state index in [0.29, 0.717) is 19.7 Å². The van der Waals surface area contributed by atoms with Crippen molar-refractivity contribution in [1.82, 2.24) is 19.4 Å². The summed E-state index contributed by atoms with van der Waals surface area (Å²) in [6.45, 7) is 6.13. The first-order valence-corrected chi connectivity index (χ1v) is 12.8. The SMILES string of the molecule is COCCn1c(CN(C)CCN2CCCC2)cnc1S(=O)(=O)CC1CCCCC1. The minimum atomic E-state index is -3.39. The Morgan fingerprint density at radius 2 is 1.86 bits per heavy atom. The highest BCUT2D eigenvalue weighted by Crippen LogP contribution is 2.27. The molecule has 166 valence electrons. The van der Waals surface area contributed by atoms with Gasteiger partial charge in [0.2, 0.25) is 15.0 Å². The number of likely N-dealkylation sites (tertiary alicyclic amines) is 1. The van der Waals surface area contributed by atoms with Crippen molar-refractivity contribution in [3.8, 4) is 0 Å². The monoisotopic (exact) mass is 426 g/mol. The Balaban J connectivity index is 1.67. The van der Waals surface area contributed by atoms with Crippen LogP contribution in [0, 0.1) is 5.92 Å². The molecule has 1 aliphatic carbocycles. The van der Waals surface area contributed by atoms with Gasteiger partial charge in [-0.1, -0.05) is 19.3 Å². The number of likely N-dealkylation sites (N-methyl/N-ethyl adjacent to an activating group) is 1. The van der Waals surface area contributed by atoms with E-state index in [-0.39, 0.29) is 16.8 Å². The zero-order valence-electron chi connectivity index (χ0n) is 18.2. The topological polar surface area (TPSA) is 67.7 Å². The van der Waals surface area contributed by atoms with Gasteiger partial charge in [0.15, 0.2) is 0 Å². The van der Waals surface area contributed by atoms with Gasteiger partial charge in [-0.3, -0.25) is 4.90 Å². The maximum absolute atomic E-state index is 13.1. The summed E-state index contributed by atoms with van der Waals surface area (Å²) in [4.78, 5) is 9.14. The van der Waals surface area contributed by atoms with Crippen LogP contribution in [-0.2, 0) is 27.7 Å². The normalized spacial score (nSPS) is 19.4. The number of aromatic nitrogens is 2. The molecule has 29 heavy (non-hydrogen) atoms. The third kappa shape index (κ3) is 6.51. The van der Waals surface area contributed by atoms with Crippen molar-refractivity contribution in [3.05, 3.63) is 11.9 Å². The summed E-state index contributed by atoms with van der Waals surface area (Å²) in [5.74, 6) is 0.495.